The Labute approximate surface area is 113 Å². The van der Waals surface area contributed by atoms with Crippen LogP contribution in [0.4, 0.5) is 0 Å². The van der Waals surface area contributed by atoms with Crippen LogP contribution in [-0.4, -0.2) is 15.2 Å². The van der Waals surface area contributed by atoms with Gasteiger partial charge in [-0.15, -0.1) is 5.10 Å². The number of nitrogens with zero attached hydrogens (tertiary/aromatic N) is 2. The predicted octanol–water partition coefficient (Wildman–Crippen LogP) is 3.05. The molecule has 0 fully saturated rings. The Morgan fingerprint density at radius 2 is 2.24 bits per heavy atom. The van der Waals surface area contributed by atoms with Crippen molar-refractivity contribution in [3.8, 4) is 0 Å². The third-order valence-electron chi connectivity index (χ3n) is 2.26. The highest BCUT2D eigenvalue weighted by Crippen LogP contribution is 2.32. The van der Waals surface area contributed by atoms with E-state index in [0.717, 1.165) is 25.9 Å². The van der Waals surface area contributed by atoms with Crippen LogP contribution in [0, 0.1) is 6.92 Å². The minimum atomic E-state index is 0.0381. The van der Waals surface area contributed by atoms with Crippen molar-refractivity contribution in [2.75, 3.05) is 0 Å². The van der Waals surface area contributed by atoms with Gasteiger partial charge in [0, 0.05) is 15.4 Å². The van der Waals surface area contributed by atoms with E-state index in [0.29, 0.717) is 0 Å². The summed E-state index contributed by atoms with van der Waals surface area (Å²) in [7, 11) is 0. The maximum absolute atomic E-state index is 5.83. The van der Waals surface area contributed by atoms with Gasteiger partial charge in [-0.2, -0.15) is 0 Å². The van der Waals surface area contributed by atoms with Crippen LogP contribution in [0.5, 0.6) is 0 Å². The van der Waals surface area contributed by atoms with Crippen molar-refractivity contribution in [2.45, 2.75) is 29.9 Å². The molecule has 0 radical (unpaired) electrons. The minimum absolute atomic E-state index is 0.0381. The standard InChI is InChI=1S/C11H13BrN4S/c1-6(13)8-3-4-10(9(12)5-8)17-11-14-7(2)15-16-11/h3-6H,13H2,1-2H3,(H,14,15,16)/t6-/m0/s1. The van der Waals surface area contributed by atoms with E-state index in [2.05, 4.69) is 31.1 Å². The summed E-state index contributed by atoms with van der Waals surface area (Å²) in [6.45, 7) is 3.85. The second kappa shape index (κ2) is 5.20. The summed E-state index contributed by atoms with van der Waals surface area (Å²) in [5.41, 5.74) is 6.94. The molecule has 1 aromatic heterocycles. The zero-order chi connectivity index (χ0) is 12.4. The summed E-state index contributed by atoms with van der Waals surface area (Å²) in [5, 5.41) is 7.63. The smallest absolute Gasteiger partial charge is 0.213 e. The number of aromatic nitrogens is 3. The lowest BCUT2D eigenvalue weighted by atomic mass is 10.1. The van der Waals surface area contributed by atoms with Crippen molar-refractivity contribution < 1.29 is 0 Å². The molecule has 0 aliphatic carbocycles. The second-order valence-corrected chi connectivity index (χ2v) is 5.65. The first-order valence-corrected chi connectivity index (χ1v) is 6.79. The minimum Gasteiger partial charge on any atom is -0.324 e. The lowest BCUT2D eigenvalue weighted by Gasteiger charge is -2.08. The molecule has 2 aromatic rings. The van der Waals surface area contributed by atoms with Gasteiger partial charge >= 0.3 is 0 Å². The van der Waals surface area contributed by atoms with Crippen molar-refractivity contribution in [2.24, 2.45) is 5.73 Å². The van der Waals surface area contributed by atoms with Crippen molar-refractivity contribution in [1.29, 1.82) is 0 Å². The van der Waals surface area contributed by atoms with E-state index < -0.39 is 0 Å². The number of benzene rings is 1. The normalized spacial score (nSPS) is 12.7. The van der Waals surface area contributed by atoms with Crippen LogP contribution in [0.2, 0.25) is 0 Å². The summed E-state index contributed by atoms with van der Waals surface area (Å²) in [6, 6.07) is 6.12. The second-order valence-electron chi connectivity index (χ2n) is 3.78. The highest BCUT2D eigenvalue weighted by atomic mass is 79.9. The molecule has 0 saturated carbocycles. The number of halogens is 1. The van der Waals surface area contributed by atoms with Crippen LogP contribution in [-0.2, 0) is 0 Å². The molecule has 1 heterocycles. The summed E-state index contributed by atoms with van der Waals surface area (Å²) in [6.07, 6.45) is 0. The average Bonchev–Trinajstić information content (AvgIpc) is 2.67. The van der Waals surface area contributed by atoms with Gasteiger partial charge in [0.15, 0.2) is 0 Å². The molecule has 1 atom stereocenters. The Kier molecular flexibility index (Phi) is 3.86. The summed E-state index contributed by atoms with van der Waals surface area (Å²) < 4.78 is 1.01. The highest BCUT2D eigenvalue weighted by Gasteiger charge is 2.08. The first kappa shape index (κ1) is 12.6. The summed E-state index contributed by atoms with van der Waals surface area (Å²) in [4.78, 5) is 5.33. The van der Waals surface area contributed by atoms with Gasteiger partial charge in [0.1, 0.15) is 5.82 Å². The topological polar surface area (TPSA) is 67.6 Å². The van der Waals surface area contributed by atoms with Gasteiger partial charge in [-0.1, -0.05) is 6.07 Å². The first-order chi connectivity index (χ1) is 8.06. The van der Waals surface area contributed by atoms with Gasteiger partial charge < -0.3 is 5.73 Å². The van der Waals surface area contributed by atoms with Crippen LogP contribution in [0.1, 0.15) is 24.4 Å². The summed E-state index contributed by atoms with van der Waals surface area (Å²) >= 11 is 5.05. The molecule has 2 rings (SSSR count). The van der Waals surface area contributed by atoms with Gasteiger partial charge in [0.05, 0.1) is 0 Å². The van der Waals surface area contributed by atoms with E-state index in [4.69, 9.17) is 5.73 Å². The molecule has 3 N–H and O–H groups in total. The monoisotopic (exact) mass is 312 g/mol. The largest absolute Gasteiger partial charge is 0.324 e. The molecule has 0 aliphatic heterocycles. The van der Waals surface area contributed by atoms with E-state index in [1.807, 2.05) is 32.0 Å². The number of hydrogen-bond acceptors (Lipinski definition) is 4. The molecule has 0 amide bonds. The lowest BCUT2D eigenvalue weighted by Crippen LogP contribution is -2.04. The van der Waals surface area contributed by atoms with E-state index >= 15 is 0 Å². The number of nitrogens with two attached hydrogens (primary N) is 1. The fourth-order valence-corrected chi connectivity index (χ4v) is 2.75. The highest BCUT2D eigenvalue weighted by molar-refractivity contribution is 9.10. The molecule has 0 unspecified atom stereocenters. The van der Waals surface area contributed by atoms with Gasteiger partial charge in [-0.25, -0.2) is 4.98 Å². The van der Waals surface area contributed by atoms with Gasteiger partial charge in [-0.05, 0) is 59.2 Å². The van der Waals surface area contributed by atoms with E-state index in [-0.39, 0.29) is 6.04 Å². The number of nitrogens with one attached hydrogen (secondary N) is 1. The SMILES string of the molecule is Cc1nc(Sc2ccc([C@H](C)N)cc2Br)n[nH]1. The average molecular weight is 313 g/mol. The fourth-order valence-electron chi connectivity index (χ4n) is 1.35. The van der Waals surface area contributed by atoms with E-state index in [1.54, 1.807) is 0 Å². The predicted molar refractivity (Wildman–Crippen MR) is 72.0 cm³/mol. The van der Waals surface area contributed by atoms with Crippen LogP contribution >= 0.6 is 27.7 Å². The molecule has 0 spiro atoms. The zero-order valence-corrected chi connectivity index (χ0v) is 12.0. The molecule has 6 heteroatoms. The number of aromatic amines is 1. The number of hydrogen-bond donors (Lipinski definition) is 2. The number of H-pyrrole nitrogens is 1. The van der Waals surface area contributed by atoms with E-state index in [9.17, 15) is 0 Å². The molecular formula is C11H13BrN4S. The van der Waals surface area contributed by atoms with Gasteiger partial charge in [0.25, 0.3) is 0 Å². The molecule has 0 bridgehead atoms. The van der Waals surface area contributed by atoms with E-state index in [1.165, 1.54) is 11.8 Å². The summed E-state index contributed by atoms with van der Waals surface area (Å²) in [5.74, 6) is 0.816. The third-order valence-corrected chi connectivity index (χ3v) is 4.12. The zero-order valence-electron chi connectivity index (χ0n) is 9.57. The Balaban J connectivity index is 2.22. The lowest BCUT2D eigenvalue weighted by molar-refractivity contribution is 0.815. The molecule has 0 saturated heterocycles. The first-order valence-electron chi connectivity index (χ1n) is 5.18. The molecule has 1 aromatic carbocycles. The molecule has 4 nitrogen and oxygen atoms in total. The van der Waals surface area contributed by atoms with Crippen molar-refractivity contribution in [3.05, 3.63) is 34.1 Å². The van der Waals surface area contributed by atoms with Gasteiger partial charge in [0.2, 0.25) is 5.16 Å². The quantitative estimate of drug-likeness (QED) is 0.914. The Bertz CT molecular complexity index is 524. The number of rotatable bonds is 3. The van der Waals surface area contributed by atoms with Crippen LogP contribution in [0.15, 0.2) is 32.7 Å². The van der Waals surface area contributed by atoms with Gasteiger partial charge in [-0.3, -0.25) is 5.10 Å². The number of aryl methyl sites for hydroxylation is 1. The van der Waals surface area contributed by atoms with Crippen LogP contribution in [0.3, 0.4) is 0 Å². The maximum atomic E-state index is 5.83. The third kappa shape index (κ3) is 3.08. The fraction of sp³-hybridized carbons (Fsp3) is 0.273. The molecular weight excluding hydrogens is 300 g/mol. The Morgan fingerprint density at radius 3 is 2.76 bits per heavy atom. The molecule has 17 heavy (non-hydrogen) atoms. The van der Waals surface area contributed by atoms with Crippen molar-refractivity contribution in [3.63, 3.8) is 0 Å². The van der Waals surface area contributed by atoms with Crippen LogP contribution < -0.4 is 5.73 Å². The Morgan fingerprint density at radius 1 is 1.47 bits per heavy atom. The Hall–Kier alpha value is -0.850. The van der Waals surface area contributed by atoms with Crippen molar-refractivity contribution >= 4 is 27.7 Å². The molecule has 90 valence electrons. The maximum Gasteiger partial charge on any atom is 0.213 e. The van der Waals surface area contributed by atoms with Crippen molar-refractivity contribution in [1.82, 2.24) is 15.2 Å². The van der Waals surface area contributed by atoms with Crippen LogP contribution in [0.25, 0.3) is 0 Å². The molecule has 0 aliphatic rings.